The smallest absolute Gasteiger partial charge is 0.313 e. The molecule has 1 aromatic rings. The van der Waals surface area contributed by atoms with Crippen LogP contribution in [0.3, 0.4) is 0 Å². The van der Waals surface area contributed by atoms with E-state index in [0.717, 1.165) is 18.9 Å². The van der Waals surface area contributed by atoms with E-state index in [9.17, 15) is 14.0 Å². The fourth-order valence-corrected chi connectivity index (χ4v) is 1.77. The Morgan fingerprint density at radius 2 is 2.05 bits per heavy atom. The summed E-state index contributed by atoms with van der Waals surface area (Å²) < 4.78 is 18.8. The SMILES string of the molecule is CC(C)Oc1ccc(F)cc1NC(=O)C(=O)NCC1CC1. The fraction of sp³-hybridized carbons (Fsp3) is 0.467. The number of amides is 2. The number of carbonyl (C=O) groups is 2. The monoisotopic (exact) mass is 294 g/mol. The maximum atomic E-state index is 13.3. The largest absolute Gasteiger partial charge is 0.489 e. The van der Waals surface area contributed by atoms with Gasteiger partial charge >= 0.3 is 11.8 Å². The second-order valence-electron chi connectivity index (χ2n) is 5.41. The number of benzene rings is 1. The van der Waals surface area contributed by atoms with Gasteiger partial charge in [0, 0.05) is 12.6 Å². The molecule has 1 aromatic carbocycles. The Bertz CT molecular complexity index is 542. The summed E-state index contributed by atoms with van der Waals surface area (Å²) in [5.74, 6) is -1.25. The summed E-state index contributed by atoms with van der Waals surface area (Å²) in [6, 6.07) is 3.79. The number of hydrogen-bond donors (Lipinski definition) is 2. The summed E-state index contributed by atoms with van der Waals surface area (Å²) >= 11 is 0. The molecule has 21 heavy (non-hydrogen) atoms. The molecule has 2 rings (SSSR count). The third kappa shape index (κ3) is 4.73. The van der Waals surface area contributed by atoms with Crippen LogP contribution < -0.4 is 15.4 Å². The van der Waals surface area contributed by atoms with Crippen molar-refractivity contribution in [2.45, 2.75) is 32.8 Å². The van der Waals surface area contributed by atoms with E-state index in [1.165, 1.54) is 12.1 Å². The highest BCUT2D eigenvalue weighted by Gasteiger charge is 2.24. The molecular weight excluding hydrogens is 275 g/mol. The van der Waals surface area contributed by atoms with Gasteiger partial charge < -0.3 is 15.4 Å². The van der Waals surface area contributed by atoms with Crippen LogP contribution in [0.25, 0.3) is 0 Å². The molecule has 2 N–H and O–H groups in total. The highest BCUT2D eigenvalue weighted by atomic mass is 19.1. The molecule has 6 heteroatoms. The topological polar surface area (TPSA) is 67.4 Å². The standard InChI is InChI=1S/C15H19FN2O3/c1-9(2)21-13-6-5-11(16)7-12(13)18-15(20)14(19)17-8-10-3-4-10/h5-7,9-10H,3-4,8H2,1-2H3,(H,17,19)(H,18,20). The maximum Gasteiger partial charge on any atom is 0.313 e. The molecule has 1 aliphatic carbocycles. The molecule has 0 unspecified atom stereocenters. The number of anilines is 1. The number of halogens is 1. The molecule has 0 heterocycles. The van der Waals surface area contributed by atoms with Crippen LogP contribution in [0.1, 0.15) is 26.7 Å². The van der Waals surface area contributed by atoms with Crippen LogP contribution in [-0.4, -0.2) is 24.5 Å². The molecule has 1 fully saturated rings. The Morgan fingerprint density at radius 1 is 1.33 bits per heavy atom. The molecule has 0 spiro atoms. The van der Waals surface area contributed by atoms with Gasteiger partial charge in [-0.1, -0.05) is 0 Å². The van der Waals surface area contributed by atoms with Gasteiger partial charge in [0.25, 0.3) is 0 Å². The van der Waals surface area contributed by atoms with Crippen molar-refractivity contribution >= 4 is 17.5 Å². The second-order valence-corrected chi connectivity index (χ2v) is 5.41. The number of nitrogens with one attached hydrogen (secondary N) is 2. The van der Waals surface area contributed by atoms with E-state index in [-0.39, 0.29) is 11.8 Å². The molecule has 0 aromatic heterocycles. The summed E-state index contributed by atoms with van der Waals surface area (Å²) in [6.45, 7) is 4.14. The molecule has 1 saturated carbocycles. The Hall–Kier alpha value is -2.11. The minimum atomic E-state index is -0.824. The fourth-order valence-electron chi connectivity index (χ4n) is 1.77. The van der Waals surface area contributed by atoms with Crippen molar-refractivity contribution in [1.29, 1.82) is 0 Å². The normalized spacial score (nSPS) is 13.9. The molecule has 114 valence electrons. The van der Waals surface area contributed by atoms with Crippen molar-refractivity contribution in [3.8, 4) is 5.75 Å². The summed E-state index contributed by atoms with van der Waals surface area (Å²) in [6.07, 6.45) is 2.03. The summed E-state index contributed by atoms with van der Waals surface area (Å²) in [7, 11) is 0. The minimum Gasteiger partial charge on any atom is -0.489 e. The predicted molar refractivity (Wildman–Crippen MR) is 76.5 cm³/mol. The lowest BCUT2D eigenvalue weighted by molar-refractivity contribution is -0.136. The molecule has 0 atom stereocenters. The maximum absolute atomic E-state index is 13.3. The number of hydrogen-bond acceptors (Lipinski definition) is 3. The van der Waals surface area contributed by atoms with E-state index >= 15 is 0 Å². The molecule has 2 amide bonds. The first-order chi connectivity index (χ1) is 9.95. The van der Waals surface area contributed by atoms with E-state index in [1.807, 2.05) is 13.8 Å². The number of ether oxygens (including phenoxy) is 1. The van der Waals surface area contributed by atoms with E-state index in [4.69, 9.17) is 4.74 Å². The molecule has 0 saturated heterocycles. The van der Waals surface area contributed by atoms with Crippen LogP contribution in [0.4, 0.5) is 10.1 Å². The van der Waals surface area contributed by atoms with Crippen LogP contribution in [0.2, 0.25) is 0 Å². The van der Waals surface area contributed by atoms with E-state index in [2.05, 4.69) is 10.6 Å². The Kier molecular flexibility index (Phi) is 4.77. The molecule has 0 radical (unpaired) electrons. The third-order valence-corrected chi connectivity index (χ3v) is 3.01. The summed E-state index contributed by atoms with van der Waals surface area (Å²) in [4.78, 5) is 23.4. The quantitative estimate of drug-likeness (QED) is 0.817. The lowest BCUT2D eigenvalue weighted by atomic mass is 10.2. The van der Waals surface area contributed by atoms with Crippen molar-refractivity contribution in [2.75, 3.05) is 11.9 Å². The molecule has 0 bridgehead atoms. The third-order valence-electron chi connectivity index (χ3n) is 3.01. The van der Waals surface area contributed by atoms with Gasteiger partial charge in [0.15, 0.2) is 0 Å². The summed E-state index contributed by atoms with van der Waals surface area (Å²) in [5.41, 5.74) is 0.148. The highest BCUT2D eigenvalue weighted by molar-refractivity contribution is 6.39. The van der Waals surface area contributed by atoms with Crippen LogP contribution in [0, 0.1) is 11.7 Å². The van der Waals surface area contributed by atoms with Gasteiger partial charge in [-0.25, -0.2) is 4.39 Å². The molecule has 1 aliphatic rings. The zero-order valence-electron chi connectivity index (χ0n) is 12.1. The Morgan fingerprint density at radius 3 is 2.67 bits per heavy atom. The number of rotatable bonds is 5. The van der Waals surface area contributed by atoms with Crippen molar-refractivity contribution < 1.29 is 18.7 Å². The molecule has 0 aliphatic heterocycles. The second kappa shape index (κ2) is 6.56. The van der Waals surface area contributed by atoms with Crippen LogP contribution >= 0.6 is 0 Å². The number of carbonyl (C=O) groups excluding carboxylic acids is 2. The average molecular weight is 294 g/mol. The lowest BCUT2D eigenvalue weighted by Crippen LogP contribution is -2.36. The molecule has 5 nitrogen and oxygen atoms in total. The molecular formula is C15H19FN2O3. The summed E-state index contributed by atoms with van der Waals surface area (Å²) in [5, 5.41) is 4.94. The van der Waals surface area contributed by atoms with Gasteiger partial charge in [-0.3, -0.25) is 9.59 Å². The van der Waals surface area contributed by atoms with E-state index in [0.29, 0.717) is 18.2 Å². The zero-order valence-corrected chi connectivity index (χ0v) is 12.1. The predicted octanol–water partition coefficient (Wildman–Crippen LogP) is 2.08. The zero-order chi connectivity index (χ0) is 15.4. The van der Waals surface area contributed by atoms with E-state index in [1.54, 1.807) is 0 Å². The van der Waals surface area contributed by atoms with Gasteiger partial charge in [-0.05, 0) is 44.7 Å². The van der Waals surface area contributed by atoms with Crippen molar-refractivity contribution in [3.05, 3.63) is 24.0 Å². The van der Waals surface area contributed by atoms with E-state index < -0.39 is 17.6 Å². The minimum absolute atomic E-state index is 0.130. The van der Waals surface area contributed by atoms with Gasteiger partial charge in [0.05, 0.1) is 11.8 Å². The van der Waals surface area contributed by atoms with Crippen LogP contribution in [-0.2, 0) is 9.59 Å². The Balaban J connectivity index is 2.00. The lowest BCUT2D eigenvalue weighted by Gasteiger charge is -2.15. The van der Waals surface area contributed by atoms with Crippen molar-refractivity contribution in [3.63, 3.8) is 0 Å². The highest BCUT2D eigenvalue weighted by Crippen LogP contribution is 2.28. The van der Waals surface area contributed by atoms with Gasteiger partial charge in [-0.15, -0.1) is 0 Å². The van der Waals surface area contributed by atoms with Crippen LogP contribution in [0.15, 0.2) is 18.2 Å². The van der Waals surface area contributed by atoms with Crippen molar-refractivity contribution in [2.24, 2.45) is 5.92 Å². The average Bonchev–Trinajstić information content (AvgIpc) is 3.22. The Labute approximate surface area is 122 Å². The van der Waals surface area contributed by atoms with Gasteiger partial charge in [0.2, 0.25) is 0 Å². The first-order valence-electron chi connectivity index (χ1n) is 7.01. The van der Waals surface area contributed by atoms with Gasteiger partial charge in [0.1, 0.15) is 11.6 Å². The van der Waals surface area contributed by atoms with Crippen molar-refractivity contribution in [1.82, 2.24) is 5.32 Å². The van der Waals surface area contributed by atoms with Crippen LogP contribution in [0.5, 0.6) is 5.75 Å². The first kappa shape index (κ1) is 15.3. The van der Waals surface area contributed by atoms with Gasteiger partial charge in [-0.2, -0.15) is 0 Å². The first-order valence-corrected chi connectivity index (χ1v) is 7.01.